The molecule has 0 amide bonds. The third-order valence-electron chi connectivity index (χ3n) is 3.35. The molecule has 7 heteroatoms. The van der Waals surface area contributed by atoms with Gasteiger partial charge in [0.2, 0.25) is 6.33 Å². The zero-order chi connectivity index (χ0) is 14.1. The van der Waals surface area contributed by atoms with Crippen LogP contribution >= 0.6 is 0 Å². The van der Waals surface area contributed by atoms with Crippen molar-refractivity contribution in [1.82, 2.24) is 4.57 Å². The lowest BCUT2D eigenvalue weighted by Crippen LogP contribution is -3.00. The highest BCUT2D eigenvalue weighted by Crippen LogP contribution is 2.14. The van der Waals surface area contributed by atoms with Gasteiger partial charge in [-0.1, -0.05) is 13.3 Å². The van der Waals surface area contributed by atoms with Crippen molar-refractivity contribution in [2.24, 2.45) is 0 Å². The second kappa shape index (κ2) is 10.5. The van der Waals surface area contributed by atoms with Crippen molar-refractivity contribution < 1.29 is 34.8 Å². The number of nitrogens with zero attached hydrogens (tertiary/aromatic N) is 2. The SMILES string of the molecule is CCCCn1cc[n+](CCC[Si](OC)(OC)OC)c1.[Br-]. The van der Waals surface area contributed by atoms with Gasteiger partial charge >= 0.3 is 8.80 Å². The van der Waals surface area contributed by atoms with Gasteiger partial charge in [0.05, 0.1) is 13.1 Å². The molecule has 0 unspecified atom stereocenters. The zero-order valence-corrected chi connectivity index (χ0v) is 15.6. The number of hydrogen-bond acceptors (Lipinski definition) is 3. The first kappa shape index (κ1) is 19.8. The molecule has 0 saturated heterocycles. The van der Waals surface area contributed by atoms with E-state index >= 15 is 0 Å². The number of rotatable bonds is 10. The third-order valence-corrected chi connectivity index (χ3v) is 6.18. The Morgan fingerprint density at radius 1 is 1.10 bits per heavy atom. The van der Waals surface area contributed by atoms with Crippen LogP contribution in [-0.4, -0.2) is 34.7 Å². The van der Waals surface area contributed by atoms with E-state index in [9.17, 15) is 0 Å². The fourth-order valence-corrected chi connectivity index (χ4v) is 3.78. The average molecular weight is 367 g/mol. The molecular weight excluding hydrogens is 340 g/mol. The maximum Gasteiger partial charge on any atom is 0.500 e. The Morgan fingerprint density at radius 3 is 2.30 bits per heavy atom. The first-order valence-corrected chi connectivity index (χ1v) is 8.83. The van der Waals surface area contributed by atoms with E-state index < -0.39 is 8.80 Å². The molecule has 0 bridgehead atoms. The summed E-state index contributed by atoms with van der Waals surface area (Å²) in [7, 11) is 2.58. The lowest BCUT2D eigenvalue weighted by molar-refractivity contribution is -0.696. The van der Waals surface area contributed by atoms with E-state index in [1.165, 1.54) is 12.8 Å². The Hall–Kier alpha value is -0.213. The molecular formula is C13H27BrN2O3Si. The van der Waals surface area contributed by atoms with Crippen LogP contribution in [0.3, 0.4) is 0 Å². The topological polar surface area (TPSA) is 36.5 Å². The number of hydrogen-bond donors (Lipinski definition) is 0. The van der Waals surface area contributed by atoms with Crippen LogP contribution in [-0.2, 0) is 26.4 Å². The summed E-state index contributed by atoms with van der Waals surface area (Å²) in [4.78, 5) is 0. The van der Waals surface area contributed by atoms with Crippen LogP contribution in [0.2, 0.25) is 6.04 Å². The Balaban J connectivity index is 0.00000361. The molecule has 1 rings (SSSR count). The average Bonchev–Trinajstić information content (AvgIpc) is 2.90. The van der Waals surface area contributed by atoms with Gasteiger partial charge in [0, 0.05) is 27.4 Å². The lowest BCUT2D eigenvalue weighted by Gasteiger charge is -2.23. The minimum Gasteiger partial charge on any atom is -1.00 e. The van der Waals surface area contributed by atoms with Crippen LogP contribution in [0.15, 0.2) is 18.7 Å². The largest absolute Gasteiger partial charge is 1.00 e. The smallest absolute Gasteiger partial charge is 0.500 e. The molecule has 0 aliphatic carbocycles. The van der Waals surface area contributed by atoms with Gasteiger partial charge < -0.3 is 30.3 Å². The maximum absolute atomic E-state index is 5.41. The van der Waals surface area contributed by atoms with E-state index in [0.29, 0.717) is 0 Å². The summed E-state index contributed by atoms with van der Waals surface area (Å²) in [6.07, 6.45) is 9.84. The molecule has 118 valence electrons. The highest BCUT2D eigenvalue weighted by atomic mass is 79.9. The summed E-state index contributed by atoms with van der Waals surface area (Å²) in [6.45, 7) is 4.27. The lowest BCUT2D eigenvalue weighted by atomic mass is 10.3. The number of imidazole rings is 1. The van der Waals surface area contributed by atoms with Crippen molar-refractivity contribution in [3.05, 3.63) is 18.7 Å². The monoisotopic (exact) mass is 366 g/mol. The van der Waals surface area contributed by atoms with Crippen molar-refractivity contribution in [2.75, 3.05) is 21.3 Å². The number of unbranched alkanes of at least 4 members (excludes halogenated alkanes) is 1. The van der Waals surface area contributed by atoms with E-state index in [-0.39, 0.29) is 17.0 Å². The Labute approximate surface area is 134 Å². The Bertz CT molecular complexity index is 351. The molecule has 1 aromatic rings. The fraction of sp³-hybridized carbons (Fsp3) is 0.769. The molecule has 0 atom stereocenters. The molecule has 0 radical (unpaired) electrons. The highest BCUT2D eigenvalue weighted by Gasteiger charge is 2.37. The van der Waals surface area contributed by atoms with Crippen LogP contribution in [0.25, 0.3) is 0 Å². The van der Waals surface area contributed by atoms with Crippen molar-refractivity contribution in [1.29, 1.82) is 0 Å². The minimum absolute atomic E-state index is 0. The van der Waals surface area contributed by atoms with Gasteiger partial charge in [-0.05, 0) is 12.8 Å². The van der Waals surface area contributed by atoms with Crippen LogP contribution in [0.1, 0.15) is 26.2 Å². The molecule has 5 nitrogen and oxygen atoms in total. The van der Waals surface area contributed by atoms with Gasteiger partial charge in [-0.2, -0.15) is 0 Å². The molecule has 0 aliphatic rings. The summed E-state index contributed by atoms with van der Waals surface area (Å²) in [5.41, 5.74) is 0. The van der Waals surface area contributed by atoms with Crippen molar-refractivity contribution in [3.8, 4) is 0 Å². The minimum atomic E-state index is -2.41. The first-order valence-electron chi connectivity index (χ1n) is 6.90. The van der Waals surface area contributed by atoms with Crippen molar-refractivity contribution in [2.45, 2.75) is 45.3 Å². The van der Waals surface area contributed by atoms with E-state index in [1.54, 1.807) is 21.3 Å². The third kappa shape index (κ3) is 6.05. The molecule has 0 aliphatic heterocycles. The number of aryl methyl sites for hydroxylation is 2. The molecule has 0 fully saturated rings. The summed E-state index contributed by atoms with van der Waals surface area (Å²) in [5, 5.41) is 0. The van der Waals surface area contributed by atoms with Gasteiger partial charge in [-0.3, -0.25) is 0 Å². The molecule has 0 aromatic carbocycles. The van der Waals surface area contributed by atoms with Crippen LogP contribution in [0.4, 0.5) is 0 Å². The number of halogens is 1. The summed E-state index contributed by atoms with van der Waals surface area (Å²) < 4.78 is 20.7. The standard InChI is InChI=1S/C13H27N2O3Si.BrH/c1-5-6-8-14-10-11-15(13-14)9-7-12-19(16-2,17-3)18-4;/h10-11,13H,5-9,12H2,1-4H3;1H/q+1;/p-1. The van der Waals surface area contributed by atoms with E-state index in [0.717, 1.165) is 25.6 Å². The first-order chi connectivity index (χ1) is 9.19. The van der Waals surface area contributed by atoms with E-state index in [4.69, 9.17) is 13.3 Å². The molecule has 0 spiro atoms. The maximum atomic E-state index is 5.41. The predicted molar refractivity (Wildman–Crippen MR) is 75.7 cm³/mol. The Kier molecular flexibility index (Phi) is 10.4. The molecule has 20 heavy (non-hydrogen) atoms. The van der Waals surface area contributed by atoms with Gasteiger partial charge in [0.25, 0.3) is 0 Å². The van der Waals surface area contributed by atoms with Gasteiger partial charge in [0.1, 0.15) is 12.4 Å². The van der Waals surface area contributed by atoms with Crippen LogP contribution in [0.5, 0.6) is 0 Å². The van der Waals surface area contributed by atoms with E-state index in [2.05, 4.69) is 34.8 Å². The van der Waals surface area contributed by atoms with Gasteiger partial charge in [-0.15, -0.1) is 0 Å². The highest BCUT2D eigenvalue weighted by molar-refractivity contribution is 6.60. The van der Waals surface area contributed by atoms with Gasteiger partial charge in [0.15, 0.2) is 0 Å². The van der Waals surface area contributed by atoms with Crippen LogP contribution < -0.4 is 21.5 Å². The van der Waals surface area contributed by atoms with Crippen LogP contribution in [0, 0.1) is 0 Å². The molecule has 0 saturated carbocycles. The summed E-state index contributed by atoms with van der Waals surface area (Å²) in [6, 6.07) is 0.837. The summed E-state index contributed by atoms with van der Waals surface area (Å²) in [5.74, 6) is 0. The quantitative estimate of drug-likeness (QED) is 0.387. The predicted octanol–water partition coefficient (Wildman–Crippen LogP) is -1.15. The molecule has 0 N–H and O–H groups in total. The summed E-state index contributed by atoms with van der Waals surface area (Å²) >= 11 is 0. The van der Waals surface area contributed by atoms with Gasteiger partial charge in [-0.25, -0.2) is 9.13 Å². The number of aromatic nitrogens is 2. The second-order valence-electron chi connectivity index (χ2n) is 4.64. The molecule has 1 heterocycles. The van der Waals surface area contributed by atoms with Crippen molar-refractivity contribution in [3.63, 3.8) is 0 Å². The Morgan fingerprint density at radius 2 is 1.75 bits per heavy atom. The fourth-order valence-electron chi connectivity index (χ4n) is 2.08. The molecule has 1 aromatic heterocycles. The van der Waals surface area contributed by atoms with E-state index in [1.807, 2.05) is 0 Å². The zero-order valence-electron chi connectivity index (χ0n) is 13.0. The second-order valence-corrected chi connectivity index (χ2v) is 7.73. The van der Waals surface area contributed by atoms with Crippen molar-refractivity contribution >= 4 is 8.80 Å². The normalized spacial score (nSPS) is 11.4.